The van der Waals surface area contributed by atoms with Crippen LogP contribution >= 0.6 is 70.4 Å². The first-order valence-corrected chi connectivity index (χ1v) is 16.8. The van der Waals surface area contributed by atoms with Crippen LogP contribution in [0.5, 0.6) is 0 Å². The van der Waals surface area contributed by atoms with Gasteiger partial charge in [0.2, 0.25) is 0 Å². The van der Waals surface area contributed by atoms with Crippen LogP contribution in [-0.4, -0.2) is 30.6 Å². The van der Waals surface area contributed by atoms with Crippen LogP contribution in [0.4, 0.5) is 0 Å². The van der Waals surface area contributed by atoms with E-state index in [4.69, 9.17) is 58.6 Å². The third-order valence-corrected chi connectivity index (χ3v) is 10.2. The van der Waals surface area contributed by atoms with Crippen molar-refractivity contribution in [3.63, 3.8) is 0 Å². The maximum Gasteiger partial charge on any atom is 0.286 e. The molecule has 0 spiro atoms. The number of amides is 1. The minimum Gasteiger partial charge on any atom is -0.342 e. The normalized spacial score (nSPS) is 14.6. The Kier molecular flexibility index (Phi) is 8.72. The van der Waals surface area contributed by atoms with Crippen LogP contribution in [0.1, 0.15) is 22.3 Å². The van der Waals surface area contributed by atoms with Gasteiger partial charge < -0.3 is 9.13 Å². The summed E-state index contributed by atoms with van der Waals surface area (Å²) < 4.78 is 4.58. The number of fused-ring (bicyclic) bond motifs is 2. The van der Waals surface area contributed by atoms with Gasteiger partial charge in [0, 0.05) is 78.5 Å². The molecule has 0 unspecified atom stereocenters. The number of hydrogen-bond acceptors (Lipinski definition) is 4. The summed E-state index contributed by atoms with van der Waals surface area (Å²) in [6.45, 7) is 1.10. The van der Waals surface area contributed by atoms with E-state index in [1.165, 1.54) is 16.8 Å². The zero-order chi connectivity index (χ0) is 31.9. The van der Waals surface area contributed by atoms with Gasteiger partial charge in [-0.2, -0.15) is 10.1 Å². The fourth-order valence-electron chi connectivity index (χ4n) is 5.52. The van der Waals surface area contributed by atoms with Crippen molar-refractivity contribution >= 4 is 115 Å². The largest absolute Gasteiger partial charge is 0.342 e. The molecule has 0 atom stereocenters. The molecule has 1 aliphatic heterocycles. The zero-order valence-electron chi connectivity index (χ0n) is 23.8. The minimum atomic E-state index is -0.277. The summed E-state index contributed by atoms with van der Waals surface area (Å²) in [5.41, 5.74) is 5.66. The number of halogens is 4. The maximum absolute atomic E-state index is 13.6. The second kappa shape index (κ2) is 12.9. The second-order valence-corrected chi connectivity index (χ2v) is 14.0. The van der Waals surface area contributed by atoms with Crippen LogP contribution in [0.2, 0.25) is 20.1 Å². The third kappa shape index (κ3) is 6.11. The predicted octanol–water partition coefficient (Wildman–Crippen LogP) is 10.5. The van der Waals surface area contributed by atoms with E-state index in [1.54, 1.807) is 18.3 Å². The van der Waals surface area contributed by atoms with Crippen LogP contribution in [0.15, 0.2) is 107 Å². The number of aromatic nitrogens is 2. The summed E-state index contributed by atoms with van der Waals surface area (Å²) in [5.74, 6) is -0.277. The number of hydrogen-bond donors (Lipinski definition) is 0. The Morgan fingerprint density at radius 2 is 1.24 bits per heavy atom. The van der Waals surface area contributed by atoms with Crippen LogP contribution in [0.3, 0.4) is 0 Å². The van der Waals surface area contributed by atoms with Crippen LogP contribution < -0.4 is 0 Å². The summed E-state index contributed by atoms with van der Waals surface area (Å²) in [4.78, 5) is 14.1. The summed E-state index contributed by atoms with van der Waals surface area (Å²) in [6, 6.07) is 27.0. The average molecular weight is 721 g/mol. The molecule has 0 aliphatic carbocycles. The molecule has 0 saturated carbocycles. The monoisotopic (exact) mass is 718 g/mol. The molecule has 0 radical (unpaired) electrons. The van der Waals surface area contributed by atoms with E-state index < -0.39 is 0 Å². The highest BCUT2D eigenvalue weighted by Gasteiger charge is 2.32. The first kappa shape index (κ1) is 31.1. The number of carbonyl (C=O) groups excluding carboxylic acids is 1. The standard InChI is InChI=1S/C35H22Cl4N4OS2/c36-25-11-9-21(29(38)14-25)17-41-19-23(27-5-1-3-7-31(27)41)13-33-34(44)43(35(45)46-33)40-16-24-20-42(32-8-4-2-6-28(24)32)18-22-10-12-26(37)15-30(22)39/h1-16,19-20H,17-18H2/b33-13-,40-16+. The number of para-hydroxylation sites is 2. The minimum absolute atomic E-state index is 0.277. The molecule has 4 aromatic carbocycles. The molecule has 0 bridgehead atoms. The van der Waals surface area contributed by atoms with E-state index in [0.717, 1.165) is 44.1 Å². The molecule has 5 nitrogen and oxygen atoms in total. The summed E-state index contributed by atoms with van der Waals surface area (Å²) >= 11 is 32.0. The van der Waals surface area contributed by atoms with Crippen molar-refractivity contribution in [2.75, 3.05) is 0 Å². The lowest BCUT2D eigenvalue weighted by Gasteiger charge is -2.08. The first-order valence-electron chi connectivity index (χ1n) is 14.1. The number of benzene rings is 4. The van der Waals surface area contributed by atoms with Crippen LogP contribution in [-0.2, 0) is 17.9 Å². The van der Waals surface area contributed by atoms with Crippen molar-refractivity contribution in [2.24, 2.45) is 5.10 Å². The SMILES string of the molecule is O=C1/C(=C/c2cn(Cc3ccc(Cl)cc3Cl)c3ccccc23)SC(=S)N1/N=C/c1cn(Cc2ccc(Cl)cc2Cl)c2ccccc12. The van der Waals surface area contributed by atoms with Crippen molar-refractivity contribution in [3.8, 4) is 0 Å². The smallest absolute Gasteiger partial charge is 0.286 e. The van der Waals surface area contributed by atoms with Gasteiger partial charge in [-0.25, -0.2) is 0 Å². The van der Waals surface area contributed by atoms with E-state index >= 15 is 0 Å². The molecular weight excluding hydrogens is 698 g/mol. The Hall–Kier alpha value is -3.56. The number of carbonyl (C=O) groups is 1. The molecule has 0 N–H and O–H groups in total. The Morgan fingerprint density at radius 1 is 0.717 bits per heavy atom. The van der Waals surface area contributed by atoms with Gasteiger partial charge in [0.25, 0.3) is 5.91 Å². The maximum atomic E-state index is 13.6. The van der Waals surface area contributed by atoms with Crippen molar-refractivity contribution in [1.82, 2.24) is 14.1 Å². The first-order chi connectivity index (χ1) is 22.2. The van der Waals surface area contributed by atoms with Gasteiger partial charge in [-0.05, 0) is 65.8 Å². The number of nitrogens with zero attached hydrogens (tertiary/aromatic N) is 4. The van der Waals surface area contributed by atoms with Gasteiger partial charge in [-0.1, -0.05) is 107 Å². The number of hydrazone groups is 1. The number of rotatable bonds is 7. The molecule has 1 saturated heterocycles. The van der Waals surface area contributed by atoms with E-state index in [0.29, 0.717) is 42.4 Å². The Balaban J connectivity index is 1.17. The van der Waals surface area contributed by atoms with E-state index in [-0.39, 0.29) is 5.91 Å². The van der Waals surface area contributed by atoms with Crippen LogP contribution in [0, 0.1) is 0 Å². The molecule has 6 aromatic rings. The molecule has 1 amide bonds. The molecule has 3 heterocycles. The van der Waals surface area contributed by atoms with Gasteiger partial charge >= 0.3 is 0 Å². The summed E-state index contributed by atoms with van der Waals surface area (Å²) in [6.07, 6.45) is 7.57. The van der Waals surface area contributed by atoms with Gasteiger partial charge in [0.1, 0.15) is 0 Å². The zero-order valence-corrected chi connectivity index (χ0v) is 28.5. The predicted molar refractivity (Wildman–Crippen MR) is 198 cm³/mol. The molecule has 228 valence electrons. The lowest BCUT2D eigenvalue weighted by Crippen LogP contribution is -2.22. The second-order valence-electron chi connectivity index (χ2n) is 10.7. The summed E-state index contributed by atoms with van der Waals surface area (Å²) in [7, 11) is 0. The third-order valence-electron chi connectivity index (χ3n) is 7.72. The van der Waals surface area contributed by atoms with Crippen molar-refractivity contribution < 1.29 is 4.79 Å². The quantitative estimate of drug-likeness (QED) is 0.0937. The molecule has 46 heavy (non-hydrogen) atoms. The highest BCUT2D eigenvalue weighted by atomic mass is 35.5. The van der Waals surface area contributed by atoms with Crippen molar-refractivity contribution in [2.45, 2.75) is 13.1 Å². The topological polar surface area (TPSA) is 42.5 Å². The number of thiocarbonyl (C=S) groups is 1. The lowest BCUT2D eigenvalue weighted by molar-refractivity contribution is -0.122. The molecule has 11 heteroatoms. The molecule has 7 rings (SSSR count). The Morgan fingerprint density at radius 3 is 1.80 bits per heavy atom. The fraction of sp³-hybridized carbons (Fsp3) is 0.0571. The average Bonchev–Trinajstić information content (AvgIpc) is 3.66. The molecule has 2 aromatic heterocycles. The van der Waals surface area contributed by atoms with Gasteiger partial charge in [0.15, 0.2) is 4.32 Å². The van der Waals surface area contributed by atoms with Crippen molar-refractivity contribution in [3.05, 3.63) is 145 Å². The summed E-state index contributed by atoms with van der Waals surface area (Å²) in [5, 5.41) is 10.2. The van der Waals surface area contributed by atoms with E-state index in [9.17, 15) is 4.79 Å². The Bertz CT molecular complexity index is 2250. The molecule has 1 fully saturated rings. The fourth-order valence-corrected chi connectivity index (χ4v) is 7.62. The highest BCUT2D eigenvalue weighted by molar-refractivity contribution is 8.26. The van der Waals surface area contributed by atoms with Gasteiger partial charge in [0.05, 0.1) is 11.1 Å². The van der Waals surface area contributed by atoms with E-state index in [2.05, 4.69) is 14.2 Å². The van der Waals surface area contributed by atoms with Crippen LogP contribution in [0.25, 0.3) is 27.9 Å². The van der Waals surface area contributed by atoms with Crippen molar-refractivity contribution in [1.29, 1.82) is 0 Å². The van der Waals surface area contributed by atoms with Gasteiger partial charge in [-0.3, -0.25) is 4.79 Å². The Labute approximate surface area is 294 Å². The molecule has 1 aliphatic rings. The number of thioether (sulfide) groups is 1. The van der Waals surface area contributed by atoms with E-state index in [1.807, 2.05) is 91.3 Å². The van der Waals surface area contributed by atoms with Gasteiger partial charge in [-0.15, -0.1) is 0 Å². The lowest BCUT2D eigenvalue weighted by atomic mass is 10.1. The molecular formula is C35H22Cl4N4OS2. The highest BCUT2D eigenvalue weighted by Crippen LogP contribution is 2.35.